The Morgan fingerprint density at radius 1 is 1.11 bits per heavy atom. The molecule has 18 heavy (non-hydrogen) atoms. The molecule has 0 aliphatic rings. The smallest absolute Gasteiger partial charge is 0.186 e. The van der Waals surface area contributed by atoms with Gasteiger partial charge >= 0.3 is 0 Å². The van der Waals surface area contributed by atoms with Crippen molar-refractivity contribution in [1.29, 1.82) is 0 Å². The zero-order valence-corrected chi connectivity index (χ0v) is 11.7. The van der Waals surface area contributed by atoms with E-state index in [2.05, 4.69) is 13.0 Å². The summed E-state index contributed by atoms with van der Waals surface area (Å²) in [6.07, 6.45) is 3.53. The maximum Gasteiger partial charge on any atom is 0.186 e. The molecular weight excluding hydrogens is 240 g/mol. The topological polar surface area (TPSA) is 17.1 Å². The molecule has 0 unspecified atom stereocenters. The fourth-order valence-electron chi connectivity index (χ4n) is 1.86. The average molecular weight is 256 g/mol. The zero-order valence-electron chi connectivity index (χ0n) is 10.9. The van der Waals surface area contributed by atoms with Gasteiger partial charge in [0.15, 0.2) is 5.78 Å². The van der Waals surface area contributed by atoms with Crippen LogP contribution < -0.4 is 0 Å². The Kier molecular flexibility index (Phi) is 3.78. The molecule has 2 aromatic rings. The van der Waals surface area contributed by atoms with Crippen LogP contribution in [0.4, 0.5) is 0 Å². The molecule has 1 aromatic carbocycles. The van der Waals surface area contributed by atoms with Gasteiger partial charge in [0.1, 0.15) is 0 Å². The minimum atomic E-state index is 0.0731. The molecule has 1 heterocycles. The lowest BCUT2D eigenvalue weighted by atomic mass is 9.98. The van der Waals surface area contributed by atoms with Gasteiger partial charge in [-0.3, -0.25) is 4.79 Å². The van der Waals surface area contributed by atoms with Crippen LogP contribution in [0.3, 0.4) is 0 Å². The van der Waals surface area contributed by atoms with Gasteiger partial charge in [0.2, 0.25) is 0 Å². The first-order valence-corrected chi connectivity index (χ1v) is 6.79. The number of ketones is 1. The van der Waals surface area contributed by atoms with Crippen molar-refractivity contribution in [2.45, 2.75) is 20.8 Å². The molecule has 0 aliphatic carbocycles. The Labute approximate surface area is 112 Å². The zero-order chi connectivity index (χ0) is 13.1. The van der Waals surface area contributed by atoms with Gasteiger partial charge in [-0.1, -0.05) is 12.1 Å². The predicted molar refractivity (Wildman–Crippen MR) is 78.3 cm³/mol. The average Bonchev–Trinajstić information content (AvgIpc) is 2.84. The third-order valence-corrected chi connectivity index (χ3v) is 3.89. The van der Waals surface area contributed by atoms with Gasteiger partial charge in [-0.05, 0) is 67.1 Å². The second kappa shape index (κ2) is 5.32. The van der Waals surface area contributed by atoms with E-state index in [1.54, 1.807) is 17.4 Å². The highest BCUT2D eigenvalue weighted by Gasteiger charge is 2.07. The SMILES string of the molecule is Cc1cc(C)c(C(=O)/C=C/c2cccs2)cc1C. The summed E-state index contributed by atoms with van der Waals surface area (Å²) >= 11 is 1.63. The maximum atomic E-state index is 12.1. The molecule has 0 saturated heterocycles. The molecule has 0 atom stereocenters. The second-order valence-electron chi connectivity index (χ2n) is 4.46. The van der Waals surface area contributed by atoms with Crippen LogP contribution in [0.15, 0.2) is 35.7 Å². The van der Waals surface area contributed by atoms with Crippen molar-refractivity contribution >= 4 is 23.2 Å². The normalized spacial score (nSPS) is 11.1. The molecule has 0 saturated carbocycles. The molecule has 0 N–H and O–H groups in total. The van der Waals surface area contributed by atoms with E-state index in [-0.39, 0.29) is 5.78 Å². The summed E-state index contributed by atoms with van der Waals surface area (Å²) < 4.78 is 0. The van der Waals surface area contributed by atoms with Crippen molar-refractivity contribution in [2.75, 3.05) is 0 Å². The number of benzene rings is 1. The van der Waals surface area contributed by atoms with E-state index in [0.717, 1.165) is 21.6 Å². The van der Waals surface area contributed by atoms with Gasteiger partial charge in [-0.15, -0.1) is 11.3 Å². The van der Waals surface area contributed by atoms with Gasteiger partial charge in [-0.25, -0.2) is 0 Å². The number of rotatable bonds is 3. The minimum absolute atomic E-state index is 0.0731. The highest BCUT2D eigenvalue weighted by atomic mass is 32.1. The lowest BCUT2D eigenvalue weighted by molar-refractivity contribution is 0.104. The van der Waals surface area contributed by atoms with E-state index in [4.69, 9.17) is 0 Å². The first kappa shape index (κ1) is 12.8. The number of hydrogen-bond donors (Lipinski definition) is 0. The molecule has 0 aliphatic heterocycles. The Hall–Kier alpha value is -1.67. The summed E-state index contributed by atoms with van der Waals surface area (Å²) in [5, 5.41) is 2.01. The van der Waals surface area contributed by atoms with E-state index in [1.165, 1.54) is 5.56 Å². The summed E-state index contributed by atoms with van der Waals surface area (Å²) in [4.78, 5) is 13.2. The fraction of sp³-hybridized carbons (Fsp3) is 0.188. The fourth-order valence-corrected chi connectivity index (χ4v) is 2.48. The van der Waals surface area contributed by atoms with Crippen LogP contribution in [0, 0.1) is 20.8 Å². The van der Waals surface area contributed by atoms with Crippen molar-refractivity contribution < 1.29 is 4.79 Å². The highest BCUT2D eigenvalue weighted by Crippen LogP contribution is 2.17. The lowest BCUT2D eigenvalue weighted by Gasteiger charge is -2.06. The Morgan fingerprint density at radius 2 is 1.83 bits per heavy atom. The Bertz CT molecular complexity index is 592. The quantitative estimate of drug-likeness (QED) is 0.580. The minimum Gasteiger partial charge on any atom is -0.289 e. The van der Waals surface area contributed by atoms with Gasteiger partial charge in [0.05, 0.1) is 0 Å². The van der Waals surface area contributed by atoms with Gasteiger partial charge in [0, 0.05) is 10.4 Å². The monoisotopic (exact) mass is 256 g/mol. The van der Waals surface area contributed by atoms with Crippen molar-refractivity contribution in [3.05, 3.63) is 62.9 Å². The molecule has 92 valence electrons. The lowest BCUT2D eigenvalue weighted by Crippen LogP contribution is -1.99. The van der Waals surface area contributed by atoms with Crippen LogP contribution in [-0.2, 0) is 0 Å². The molecule has 0 fully saturated rings. The van der Waals surface area contributed by atoms with Crippen LogP contribution in [0.1, 0.15) is 31.9 Å². The molecule has 1 nitrogen and oxygen atoms in total. The number of hydrogen-bond acceptors (Lipinski definition) is 2. The first-order valence-electron chi connectivity index (χ1n) is 5.91. The number of thiophene rings is 1. The van der Waals surface area contributed by atoms with E-state index in [1.807, 2.05) is 43.5 Å². The summed E-state index contributed by atoms with van der Waals surface area (Å²) in [5.41, 5.74) is 4.23. The largest absolute Gasteiger partial charge is 0.289 e. The van der Waals surface area contributed by atoms with Crippen molar-refractivity contribution in [3.8, 4) is 0 Å². The summed E-state index contributed by atoms with van der Waals surface area (Å²) in [7, 11) is 0. The van der Waals surface area contributed by atoms with Crippen LogP contribution in [0.2, 0.25) is 0 Å². The molecular formula is C16H16OS. The maximum absolute atomic E-state index is 12.1. The Balaban J connectivity index is 2.27. The number of allylic oxidation sites excluding steroid dienone is 1. The van der Waals surface area contributed by atoms with Crippen molar-refractivity contribution in [3.63, 3.8) is 0 Å². The molecule has 0 radical (unpaired) electrons. The standard InChI is InChI=1S/C16H16OS/c1-11-9-13(3)15(10-12(11)2)16(17)7-6-14-5-4-8-18-14/h4-10H,1-3H3/b7-6+. The summed E-state index contributed by atoms with van der Waals surface area (Å²) in [5.74, 6) is 0.0731. The van der Waals surface area contributed by atoms with Crippen LogP contribution in [0.25, 0.3) is 6.08 Å². The van der Waals surface area contributed by atoms with E-state index >= 15 is 0 Å². The molecule has 0 amide bonds. The van der Waals surface area contributed by atoms with Gasteiger partial charge in [-0.2, -0.15) is 0 Å². The molecule has 0 spiro atoms. The van der Waals surface area contributed by atoms with Crippen LogP contribution >= 0.6 is 11.3 Å². The third-order valence-electron chi connectivity index (χ3n) is 3.05. The summed E-state index contributed by atoms with van der Waals surface area (Å²) in [6.45, 7) is 6.09. The van der Waals surface area contributed by atoms with Gasteiger partial charge < -0.3 is 0 Å². The number of aryl methyl sites for hydroxylation is 3. The van der Waals surface area contributed by atoms with E-state index < -0.39 is 0 Å². The third kappa shape index (κ3) is 2.77. The first-order chi connectivity index (χ1) is 8.58. The summed E-state index contributed by atoms with van der Waals surface area (Å²) in [6, 6.07) is 8.03. The van der Waals surface area contributed by atoms with Crippen molar-refractivity contribution in [1.82, 2.24) is 0 Å². The van der Waals surface area contributed by atoms with Crippen LogP contribution in [0.5, 0.6) is 0 Å². The molecule has 1 aromatic heterocycles. The Morgan fingerprint density at radius 3 is 2.50 bits per heavy atom. The van der Waals surface area contributed by atoms with E-state index in [0.29, 0.717) is 0 Å². The molecule has 0 bridgehead atoms. The van der Waals surface area contributed by atoms with Gasteiger partial charge in [0.25, 0.3) is 0 Å². The van der Waals surface area contributed by atoms with E-state index in [9.17, 15) is 4.79 Å². The predicted octanol–water partition coefficient (Wildman–Crippen LogP) is 4.57. The highest BCUT2D eigenvalue weighted by molar-refractivity contribution is 7.10. The van der Waals surface area contributed by atoms with Crippen LogP contribution in [-0.4, -0.2) is 5.78 Å². The second-order valence-corrected chi connectivity index (χ2v) is 5.44. The van der Waals surface area contributed by atoms with Crippen molar-refractivity contribution in [2.24, 2.45) is 0 Å². The number of carbonyl (C=O) groups is 1. The molecule has 2 heteroatoms. The number of carbonyl (C=O) groups excluding carboxylic acids is 1. The molecule has 2 rings (SSSR count).